The highest BCUT2D eigenvalue weighted by Gasteiger charge is 2.23. The Hall–Kier alpha value is -5.48. The number of piperidine rings is 1. The molecule has 0 atom stereocenters. The first-order chi connectivity index (χ1) is 22.3. The third kappa shape index (κ3) is 8.36. The molecular weight excluding hydrogens is 593 g/mol. The second-order valence-electron chi connectivity index (χ2n) is 10.7. The van der Waals surface area contributed by atoms with Crippen molar-refractivity contribution in [2.24, 2.45) is 0 Å². The number of likely N-dealkylation sites (tertiary alicyclic amines) is 1. The minimum atomic E-state index is -1.06. The molecule has 0 radical (unpaired) electrons. The summed E-state index contributed by atoms with van der Waals surface area (Å²) in [4.78, 5) is 35.3. The molecule has 13 heteroatoms. The normalized spacial score (nSPS) is 13.5. The van der Waals surface area contributed by atoms with Gasteiger partial charge in [0.1, 0.15) is 12.7 Å². The van der Waals surface area contributed by atoms with Crippen LogP contribution < -0.4 is 20.1 Å². The van der Waals surface area contributed by atoms with E-state index in [9.17, 15) is 19.1 Å². The van der Waals surface area contributed by atoms with Gasteiger partial charge in [-0.3, -0.25) is 9.69 Å². The molecule has 2 aromatic carbocycles. The van der Waals surface area contributed by atoms with Gasteiger partial charge < -0.3 is 29.8 Å². The number of benzene rings is 2. The molecule has 2 aromatic heterocycles. The van der Waals surface area contributed by atoms with Crippen LogP contribution >= 0.6 is 0 Å². The highest BCUT2D eigenvalue weighted by molar-refractivity contribution is 5.97. The standard InChI is InChI=1S/C33H34FN7O5/c1-2-41-21-36-17-25(41)18-37-29-15-23(33(43)44)7-8-28(29)39-31(42)19-40-12-10-26(11-13-40)46-32-5-3-4-24(38-32)20-45-30-9-6-22(16-35)14-27(30)34/h3-9,14-15,17,21,26,37H,2,10-13,18-20H2,1H3,(H,39,42)(H,43,44). The molecule has 5 rings (SSSR count). The predicted molar refractivity (Wildman–Crippen MR) is 167 cm³/mol. The Bertz CT molecular complexity index is 1730. The minimum absolute atomic E-state index is 0.0350. The number of amides is 1. The zero-order valence-corrected chi connectivity index (χ0v) is 25.3. The van der Waals surface area contributed by atoms with Crippen LogP contribution in [0.1, 0.15) is 47.1 Å². The summed E-state index contributed by atoms with van der Waals surface area (Å²) in [6.07, 6.45) is 4.77. The van der Waals surface area contributed by atoms with E-state index >= 15 is 0 Å². The van der Waals surface area contributed by atoms with Gasteiger partial charge in [-0.25, -0.2) is 19.2 Å². The van der Waals surface area contributed by atoms with Crippen LogP contribution in [0.15, 0.2) is 67.1 Å². The molecule has 1 aliphatic heterocycles. The number of ether oxygens (including phenoxy) is 2. The molecule has 0 saturated carbocycles. The summed E-state index contributed by atoms with van der Waals surface area (Å²) in [5, 5.41) is 24.5. The quantitative estimate of drug-likeness (QED) is 0.190. The van der Waals surface area contributed by atoms with Gasteiger partial charge in [0.05, 0.1) is 59.4 Å². The molecule has 1 amide bonds. The number of halogens is 1. The summed E-state index contributed by atoms with van der Waals surface area (Å²) in [6, 6.07) is 15.8. The highest BCUT2D eigenvalue weighted by atomic mass is 19.1. The minimum Gasteiger partial charge on any atom is -0.484 e. The van der Waals surface area contributed by atoms with E-state index in [-0.39, 0.29) is 42.0 Å². The summed E-state index contributed by atoms with van der Waals surface area (Å²) in [5.74, 6) is -1.41. The highest BCUT2D eigenvalue weighted by Crippen LogP contribution is 2.25. The first kappa shape index (κ1) is 31.9. The van der Waals surface area contributed by atoms with E-state index in [4.69, 9.17) is 14.7 Å². The van der Waals surface area contributed by atoms with Gasteiger partial charge in [-0.1, -0.05) is 6.07 Å². The van der Waals surface area contributed by atoms with Gasteiger partial charge in [0.2, 0.25) is 11.8 Å². The second-order valence-corrected chi connectivity index (χ2v) is 10.7. The zero-order chi connectivity index (χ0) is 32.5. The van der Waals surface area contributed by atoms with Crippen molar-refractivity contribution in [1.29, 1.82) is 5.26 Å². The maximum atomic E-state index is 14.1. The topological polar surface area (TPSA) is 155 Å². The molecule has 46 heavy (non-hydrogen) atoms. The van der Waals surface area contributed by atoms with Gasteiger partial charge in [-0.15, -0.1) is 0 Å². The predicted octanol–water partition coefficient (Wildman–Crippen LogP) is 4.68. The summed E-state index contributed by atoms with van der Waals surface area (Å²) in [6.45, 7) is 4.66. The number of hydrogen-bond donors (Lipinski definition) is 3. The lowest BCUT2D eigenvalue weighted by Crippen LogP contribution is -2.42. The molecule has 0 aliphatic carbocycles. The third-order valence-electron chi connectivity index (χ3n) is 7.55. The fraction of sp³-hybridized carbons (Fsp3) is 0.303. The van der Waals surface area contributed by atoms with E-state index in [2.05, 4.69) is 20.6 Å². The van der Waals surface area contributed by atoms with Gasteiger partial charge in [0.25, 0.3) is 0 Å². The fourth-order valence-corrected chi connectivity index (χ4v) is 5.09. The first-order valence-corrected chi connectivity index (χ1v) is 14.9. The van der Waals surface area contributed by atoms with Crippen LogP contribution in [-0.4, -0.2) is 62.2 Å². The number of carbonyl (C=O) groups excluding carboxylic acids is 1. The number of carbonyl (C=O) groups is 2. The van der Waals surface area contributed by atoms with Crippen molar-refractivity contribution in [1.82, 2.24) is 19.4 Å². The van der Waals surface area contributed by atoms with Crippen molar-refractivity contribution in [3.63, 3.8) is 0 Å². The summed E-state index contributed by atoms with van der Waals surface area (Å²) in [7, 11) is 0. The maximum Gasteiger partial charge on any atom is 0.335 e. The number of aryl methyl sites for hydroxylation is 1. The number of pyridine rings is 1. The number of anilines is 2. The molecule has 4 aromatic rings. The van der Waals surface area contributed by atoms with E-state index in [0.717, 1.165) is 18.3 Å². The second kappa shape index (κ2) is 15.0. The number of nitriles is 1. The Kier molecular flexibility index (Phi) is 10.4. The van der Waals surface area contributed by atoms with E-state index in [1.807, 2.05) is 22.5 Å². The molecule has 0 spiro atoms. The first-order valence-electron chi connectivity index (χ1n) is 14.9. The molecule has 1 saturated heterocycles. The number of imidazole rings is 1. The molecule has 1 fully saturated rings. The third-order valence-corrected chi connectivity index (χ3v) is 7.55. The number of nitrogens with zero attached hydrogens (tertiary/aromatic N) is 5. The van der Waals surface area contributed by atoms with Crippen LogP contribution in [-0.2, 0) is 24.5 Å². The molecule has 3 N–H and O–H groups in total. The molecule has 12 nitrogen and oxygen atoms in total. The lowest BCUT2D eigenvalue weighted by atomic mass is 10.1. The number of carboxylic acids is 1. The van der Waals surface area contributed by atoms with Crippen LogP contribution in [0.2, 0.25) is 0 Å². The van der Waals surface area contributed by atoms with Gasteiger partial charge in [-0.2, -0.15) is 5.26 Å². The zero-order valence-electron chi connectivity index (χ0n) is 25.3. The molecule has 3 heterocycles. The molecule has 1 aliphatic rings. The summed E-state index contributed by atoms with van der Waals surface area (Å²) >= 11 is 0. The van der Waals surface area contributed by atoms with Gasteiger partial charge in [0, 0.05) is 31.9 Å². The summed E-state index contributed by atoms with van der Waals surface area (Å²) in [5.41, 5.74) is 2.82. The Balaban J connectivity index is 1.11. The Labute approximate surface area is 265 Å². The molecular formula is C33H34FN7O5. The van der Waals surface area contributed by atoms with E-state index < -0.39 is 11.8 Å². The van der Waals surface area contributed by atoms with Crippen LogP contribution in [0, 0.1) is 17.1 Å². The van der Waals surface area contributed by atoms with Crippen LogP contribution in [0.5, 0.6) is 11.6 Å². The van der Waals surface area contributed by atoms with E-state index in [1.165, 1.54) is 24.3 Å². The number of nitrogens with one attached hydrogen (secondary N) is 2. The Morgan fingerprint density at radius 2 is 1.96 bits per heavy atom. The number of carboxylic acid groups (broad SMARTS) is 1. The van der Waals surface area contributed by atoms with Crippen LogP contribution in [0.3, 0.4) is 0 Å². The van der Waals surface area contributed by atoms with Crippen molar-refractivity contribution < 1.29 is 28.6 Å². The largest absolute Gasteiger partial charge is 0.484 e. The van der Waals surface area contributed by atoms with Gasteiger partial charge >= 0.3 is 5.97 Å². The average Bonchev–Trinajstić information content (AvgIpc) is 3.52. The lowest BCUT2D eigenvalue weighted by molar-refractivity contribution is -0.117. The fourth-order valence-electron chi connectivity index (χ4n) is 5.09. The van der Waals surface area contributed by atoms with Crippen LogP contribution in [0.25, 0.3) is 0 Å². The van der Waals surface area contributed by atoms with Crippen molar-refractivity contribution in [3.05, 3.63) is 95.5 Å². The van der Waals surface area contributed by atoms with Crippen molar-refractivity contribution >= 4 is 23.3 Å². The Morgan fingerprint density at radius 1 is 1.13 bits per heavy atom. The number of rotatable bonds is 13. The smallest absolute Gasteiger partial charge is 0.335 e. The molecule has 0 bridgehead atoms. The maximum absolute atomic E-state index is 14.1. The molecule has 238 valence electrons. The monoisotopic (exact) mass is 627 g/mol. The average molecular weight is 628 g/mol. The Morgan fingerprint density at radius 3 is 2.70 bits per heavy atom. The van der Waals surface area contributed by atoms with Gasteiger partial charge in [0.15, 0.2) is 11.6 Å². The van der Waals surface area contributed by atoms with E-state index in [1.54, 1.807) is 36.8 Å². The van der Waals surface area contributed by atoms with Gasteiger partial charge in [-0.05, 0) is 62.2 Å². The van der Waals surface area contributed by atoms with E-state index in [0.29, 0.717) is 55.4 Å². The lowest BCUT2D eigenvalue weighted by Gasteiger charge is -2.31. The van der Waals surface area contributed by atoms with Crippen molar-refractivity contribution in [2.75, 3.05) is 30.3 Å². The molecule has 0 unspecified atom stereocenters. The van der Waals surface area contributed by atoms with Crippen LogP contribution in [0.4, 0.5) is 15.8 Å². The number of aromatic nitrogens is 3. The van der Waals surface area contributed by atoms with Crippen molar-refractivity contribution in [3.8, 4) is 17.7 Å². The summed E-state index contributed by atoms with van der Waals surface area (Å²) < 4.78 is 27.8. The number of aromatic carboxylic acids is 1. The number of hydrogen-bond acceptors (Lipinski definition) is 9. The SMILES string of the molecule is CCn1cncc1CNc1cc(C(=O)O)ccc1NC(=O)CN1CCC(Oc2cccc(COc3ccc(C#N)cc3F)n2)CC1. The van der Waals surface area contributed by atoms with Crippen molar-refractivity contribution in [2.45, 2.75) is 45.6 Å².